The molecule has 0 atom stereocenters. The quantitative estimate of drug-likeness (QED) is 0.894. The van der Waals surface area contributed by atoms with Gasteiger partial charge >= 0.3 is 0 Å². The highest BCUT2D eigenvalue weighted by Gasteiger charge is 2.21. The van der Waals surface area contributed by atoms with Crippen LogP contribution in [0.5, 0.6) is 0 Å². The van der Waals surface area contributed by atoms with Gasteiger partial charge in [-0.05, 0) is 44.1 Å². The molecule has 1 amide bonds. The number of hydrogen-bond donors (Lipinski definition) is 2. The van der Waals surface area contributed by atoms with Crippen LogP contribution in [-0.4, -0.2) is 24.0 Å². The largest absolute Gasteiger partial charge is 0.326 e. The maximum atomic E-state index is 12.3. The van der Waals surface area contributed by atoms with E-state index in [0.717, 1.165) is 46.8 Å². The summed E-state index contributed by atoms with van der Waals surface area (Å²) in [6.07, 6.45) is 1.85. The molecule has 3 rings (SSSR count). The molecule has 0 unspecified atom stereocenters. The van der Waals surface area contributed by atoms with E-state index in [1.54, 1.807) is 11.3 Å². The number of thiazole rings is 1. The third-order valence-corrected chi connectivity index (χ3v) is 5.20. The zero-order valence-corrected chi connectivity index (χ0v) is 14.5. The molecular formula is C16H22ClN3OS. The molecule has 6 heteroatoms. The van der Waals surface area contributed by atoms with Crippen LogP contribution >= 0.6 is 23.7 Å². The van der Waals surface area contributed by atoms with Gasteiger partial charge in [0.05, 0.1) is 15.2 Å². The van der Waals surface area contributed by atoms with Gasteiger partial charge in [0.1, 0.15) is 0 Å². The van der Waals surface area contributed by atoms with Crippen LogP contribution in [-0.2, 0) is 4.79 Å². The Labute approximate surface area is 141 Å². The minimum Gasteiger partial charge on any atom is -0.326 e. The average molecular weight is 340 g/mol. The van der Waals surface area contributed by atoms with Crippen LogP contribution in [0.2, 0.25) is 0 Å². The maximum absolute atomic E-state index is 12.3. The zero-order valence-electron chi connectivity index (χ0n) is 12.9. The molecule has 0 spiro atoms. The van der Waals surface area contributed by atoms with Crippen LogP contribution in [0.4, 0.5) is 5.69 Å². The SMILES string of the molecule is CC(C)c1nc2ccc(NC(=O)C3CCNCC3)cc2s1.Cl. The Morgan fingerprint density at radius 2 is 2.09 bits per heavy atom. The molecule has 1 fully saturated rings. The summed E-state index contributed by atoms with van der Waals surface area (Å²) in [5, 5.41) is 7.48. The first-order chi connectivity index (χ1) is 10.1. The smallest absolute Gasteiger partial charge is 0.227 e. The standard InChI is InChI=1S/C16H21N3OS.ClH/c1-10(2)16-19-13-4-3-12(9-14(13)21-16)18-15(20)11-5-7-17-8-6-11;/h3-4,9-11,17H,5-8H2,1-2H3,(H,18,20);1H. The lowest BCUT2D eigenvalue weighted by molar-refractivity contribution is -0.120. The van der Waals surface area contributed by atoms with Gasteiger partial charge < -0.3 is 10.6 Å². The fraction of sp³-hybridized carbons (Fsp3) is 0.500. The number of nitrogens with zero attached hydrogens (tertiary/aromatic N) is 1. The molecule has 120 valence electrons. The Morgan fingerprint density at radius 1 is 1.36 bits per heavy atom. The van der Waals surface area contributed by atoms with Gasteiger partial charge in [0.2, 0.25) is 5.91 Å². The summed E-state index contributed by atoms with van der Waals surface area (Å²) in [5.41, 5.74) is 1.90. The van der Waals surface area contributed by atoms with E-state index in [1.807, 2.05) is 18.2 Å². The number of benzene rings is 1. The van der Waals surface area contributed by atoms with Crippen molar-refractivity contribution in [2.75, 3.05) is 18.4 Å². The van der Waals surface area contributed by atoms with E-state index in [0.29, 0.717) is 5.92 Å². The van der Waals surface area contributed by atoms with Crippen LogP contribution in [0.3, 0.4) is 0 Å². The predicted molar refractivity (Wildman–Crippen MR) is 95.2 cm³/mol. The van der Waals surface area contributed by atoms with Crippen LogP contribution < -0.4 is 10.6 Å². The predicted octanol–water partition coefficient (Wildman–Crippen LogP) is 3.78. The number of nitrogens with one attached hydrogen (secondary N) is 2. The number of carbonyl (C=O) groups is 1. The lowest BCUT2D eigenvalue weighted by atomic mass is 9.97. The van der Waals surface area contributed by atoms with Crippen molar-refractivity contribution >= 4 is 45.6 Å². The fourth-order valence-electron chi connectivity index (χ4n) is 2.60. The second kappa shape index (κ2) is 7.40. The van der Waals surface area contributed by atoms with Crippen molar-refractivity contribution in [3.8, 4) is 0 Å². The third-order valence-electron chi connectivity index (χ3n) is 3.88. The molecule has 1 aliphatic heterocycles. The molecule has 0 radical (unpaired) electrons. The average Bonchev–Trinajstić information content (AvgIpc) is 2.91. The summed E-state index contributed by atoms with van der Waals surface area (Å²) < 4.78 is 1.14. The van der Waals surface area contributed by atoms with Crippen molar-refractivity contribution in [1.29, 1.82) is 0 Å². The number of halogens is 1. The molecule has 1 aromatic carbocycles. The van der Waals surface area contributed by atoms with Gasteiger partial charge in [-0.25, -0.2) is 4.98 Å². The van der Waals surface area contributed by atoms with Crippen LogP contribution in [0.1, 0.15) is 37.6 Å². The summed E-state index contributed by atoms with van der Waals surface area (Å²) >= 11 is 1.71. The van der Waals surface area contributed by atoms with E-state index >= 15 is 0 Å². The molecule has 4 nitrogen and oxygen atoms in total. The minimum absolute atomic E-state index is 0. The lowest BCUT2D eigenvalue weighted by Gasteiger charge is -2.21. The Hall–Kier alpha value is -1.17. The van der Waals surface area contributed by atoms with E-state index in [-0.39, 0.29) is 24.2 Å². The highest BCUT2D eigenvalue weighted by molar-refractivity contribution is 7.18. The highest BCUT2D eigenvalue weighted by atomic mass is 35.5. The van der Waals surface area contributed by atoms with Gasteiger partial charge in [-0.2, -0.15) is 0 Å². The molecule has 1 aliphatic rings. The summed E-state index contributed by atoms with van der Waals surface area (Å²) in [7, 11) is 0. The van der Waals surface area contributed by atoms with Gasteiger partial charge in [-0.1, -0.05) is 13.8 Å². The molecular weight excluding hydrogens is 318 g/mol. The normalized spacial score (nSPS) is 15.8. The molecule has 0 saturated carbocycles. The molecule has 2 aromatic rings. The molecule has 2 heterocycles. The third kappa shape index (κ3) is 3.77. The van der Waals surface area contributed by atoms with E-state index in [9.17, 15) is 4.79 Å². The molecule has 22 heavy (non-hydrogen) atoms. The van der Waals surface area contributed by atoms with Crippen molar-refractivity contribution in [2.45, 2.75) is 32.6 Å². The number of hydrogen-bond acceptors (Lipinski definition) is 4. The zero-order chi connectivity index (χ0) is 14.8. The van der Waals surface area contributed by atoms with Crippen molar-refractivity contribution in [1.82, 2.24) is 10.3 Å². The minimum atomic E-state index is 0. The summed E-state index contributed by atoms with van der Waals surface area (Å²) in [6.45, 7) is 6.17. The van der Waals surface area contributed by atoms with Gasteiger partial charge in [0.15, 0.2) is 0 Å². The number of aromatic nitrogens is 1. The second-order valence-corrected chi connectivity index (χ2v) is 6.97. The van der Waals surface area contributed by atoms with Gasteiger partial charge in [-0.3, -0.25) is 4.79 Å². The molecule has 0 aliphatic carbocycles. The van der Waals surface area contributed by atoms with E-state index in [2.05, 4.69) is 29.5 Å². The topological polar surface area (TPSA) is 54.0 Å². The molecule has 2 N–H and O–H groups in total. The molecule has 0 bridgehead atoms. The summed E-state index contributed by atoms with van der Waals surface area (Å²) in [6, 6.07) is 5.98. The summed E-state index contributed by atoms with van der Waals surface area (Å²) in [4.78, 5) is 16.9. The highest BCUT2D eigenvalue weighted by Crippen LogP contribution is 2.29. The number of carbonyl (C=O) groups excluding carboxylic acids is 1. The number of fused-ring (bicyclic) bond motifs is 1. The monoisotopic (exact) mass is 339 g/mol. The van der Waals surface area contributed by atoms with E-state index in [1.165, 1.54) is 0 Å². The number of anilines is 1. The second-order valence-electron chi connectivity index (χ2n) is 5.90. The van der Waals surface area contributed by atoms with Crippen LogP contribution in [0.15, 0.2) is 18.2 Å². The van der Waals surface area contributed by atoms with Crippen molar-refractivity contribution in [3.05, 3.63) is 23.2 Å². The Kier molecular flexibility index (Phi) is 5.78. The number of rotatable bonds is 3. The molecule has 1 saturated heterocycles. The Bertz CT molecular complexity index is 650. The summed E-state index contributed by atoms with van der Waals surface area (Å²) in [5.74, 6) is 0.717. The van der Waals surface area contributed by atoms with Crippen LogP contribution in [0.25, 0.3) is 10.2 Å². The van der Waals surface area contributed by atoms with Crippen molar-refractivity contribution in [3.63, 3.8) is 0 Å². The number of amides is 1. The Balaban J connectivity index is 0.00000176. The first-order valence-corrected chi connectivity index (χ1v) is 8.37. The molecule has 1 aromatic heterocycles. The van der Waals surface area contributed by atoms with Crippen LogP contribution in [0, 0.1) is 5.92 Å². The number of piperidine rings is 1. The first kappa shape index (κ1) is 17.2. The van der Waals surface area contributed by atoms with Gasteiger partial charge in [0, 0.05) is 17.5 Å². The van der Waals surface area contributed by atoms with Gasteiger partial charge in [-0.15, -0.1) is 23.7 Å². The fourth-order valence-corrected chi connectivity index (χ4v) is 3.60. The Morgan fingerprint density at radius 3 is 2.77 bits per heavy atom. The van der Waals surface area contributed by atoms with Crippen molar-refractivity contribution < 1.29 is 4.79 Å². The van der Waals surface area contributed by atoms with E-state index < -0.39 is 0 Å². The first-order valence-electron chi connectivity index (χ1n) is 7.55. The van der Waals surface area contributed by atoms with Gasteiger partial charge in [0.25, 0.3) is 0 Å². The van der Waals surface area contributed by atoms with Crippen molar-refractivity contribution in [2.24, 2.45) is 5.92 Å². The van der Waals surface area contributed by atoms with E-state index in [4.69, 9.17) is 0 Å². The lowest BCUT2D eigenvalue weighted by Crippen LogP contribution is -2.34. The maximum Gasteiger partial charge on any atom is 0.227 e.